The monoisotopic (exact) mass is 472 g/mol. The number of carbonyl (C=O) groups excluding carboxylic acids is 1. The van der Waals surface area contributed by atoms with Crippen molar-refractivity contribution >= 4 is 17.2 Å². The van der Waals surface area contributed by atoms with E-state index in [1.54, 1.807) is 19.2 Å². The number of carbonyl (C=O) groups is 1. The number of halogens is 1. The van der Waals surface area contributed by atoms with Gasteiger partial charge in [0.25, 0.3) is 0 Å². The van der Waals surface area contributed by atoms with Gasteiger partial charge in [-0.2, -0.15) is 0 Å². The van der Waals surface area contributed by atoms with Crippen LogP contribution in [0.5, 0.6) is 11.5 Å². The van der Waals surface area contributed by atoms with Crippen molar-refractivity contribution in [1.82, 2.24) is 0 Å². The molecule has 0 spiro atoms. The fourth-order valence-corrected chi connectivity index (χ4v) is 4.86. The Labute approximate surface area is 205 Å². The van der Waals surface area contributed by atoms with Crippen molar-refractivity contribution in [2.75, 3.05) is 17.7 Å². The van der Waals surface area contributed by atoms with Crippen LogP contribution in [-0.2, 0) is 11.4 Å². The number of rotatable bonds is 5. The van der Waals surface area contributed by atoms with Crippen LogP contribution in [0.1, 0.15) is 43.9 Å². The molecule has 0 saturated carbocycles. The Kier molecular flexibility index (Phi) is 5.97. The van der Waals surface area contributed by atoms with E-state index in [9.17, 15) is 9.18 Å². The summed E-state index contributed by atoms with van der Waals surface area (Å²) < 4.78 is 24.8. The van der Waals surface area contributed by atoms with Gasteiger partial charge in [0.1, 0.15) is 12.4 Å². The molecule has 35 heavy (non-hydrogen) atoms. The summed E-state index contributed by atoms with van der Waals surface area (Å²) in [5, 5.41) is 7.14. The van der Waals surface area contributed by atoms with Gasteiger partial charge >= 0.3 is 0 Å². The van der Waals surface area contributed by atoms with Gasteiger partial charge in [0.15, 0.2) is 17.3 Å². The molecule has 5 rings (SSSR count). The number of hydrogen-bond donors (Lipinski definition) is 2. The predicted molar refractivity (Wildman–Crippen MR) is 135 cm³/mol. The summed E-state index contributed by atoms with van der Waals surface area (Å²) in [6, 6.07) is 19.6. The van der Waals surface area contributed by atoms with Crippen molar-refractivity contribution in [3.05, 3.63) is 94.9 Å². The molecule has 1 atom stereocenters. The van der Waals surface area contributed by atoms with E-state index >= 15 is 0 Å². The molecule has 1 heterocycles. The summed E-state index contributed by atoms with van der Waals surface area (Å²) in [5.41, 5.74) is 5.28. The largest absolute Gasteiger partial charge is 0.493 e. The van der Waals surface area contributed by atoms with E-state index in [0.717, 1.165) is 40.2 Å². The molecule has 2 aliphatic rings. The number of anilines is 2. The lowest BCUT2D eigenvalue weighted by Gasteiger charge is -2.34. The van der Waals surface area contributed by atoms with Crippen molar-refractivity contribution in [3.8, 4) is 11.5 Å². The summed E-state index contributed by atoms with van der Waals surface area (Å²) in [6.45, 7) is 4.55. The Morgan fingerprint density at radius 3 is 2.46 bits per heavy atom. The lowest BCUT2D eigenvalue weighted by molar-refractivity contribution is -0.118. The van der Waals surface area contributed by atoms with Crippen molar-refractivity contribution in [1.29, 1.82) is 0 Å². The first kappa shape index (κ1) is 23.0. The van der Waals surface area contributed by atoms with E-state index in [1.807, 2.05) is 42.5 Å². The van der Waals surface area contributed by atoms with Crippen LogP contribution in [0.4, 0.5) is 15.8 Å². The average molecular weight is 473 g/mol. The number of hydrogen-bond acceptors (Lipinski definition) is 5. The van der Waals surface area contributed by atoms with Gasteiger partial charge in [-0.15, -0.1) is 0 Å². The minimum absolute atomic E-state index is 0.109. The van der Waals surface area contributed by atoms with Crippen LogP contribution in [0.25, 0.3) is 0 Å². The Bertz CT molecular complexity index is 1300. The molecular weight excluding hydrogens is 443 g/mol. The molecule has 0 amide bonds. The lowest BCUT2D eigenvalue weighted by Crippen LogP contribution is -2.31. The van der Waals surface area contributed by atoms with E-state index in [1.165, 1.54) is 12.1 Å². The highest BCUT2D eigenvalue weighted by Crippen LogP contribution is 2.46. The minimum atomic E-state index is -0.329. The van der Waals surface area contributed by atoms with Gasteiger partial charge in [0.05, 0.1) is 24.5 Å². The number of nitrogens with one attached hydrogen (secondary N) is 2. The van der Waals surface area contributed by atoms with Gasteiger partial charge in [0, 0.05) is 17.7 Å². The fourth-order valence-electron chi connectivity index (χ4n) is 4.86. The lowest BCUT2D eigenvalue weighted by atomic mass is 9.73. The zero-order chi connectivity index (χ0) is 24.6. The van der Waals surface area contributed by atoms with Crippen LogP contribution >= 0.6 is 0 Å². The second-order valence-corrected chi connectivity index (χ2v) is 9.91. The highest BCUT2D eigenvalue weighted by Gasteiger charge is 2.38. The number of methoxy groups -OCH3 is 1. The van der Waals surface area contributed by atoms with Crippen LogP contribution in [0.15, 0.2) is 78.0 Å². The van der Waals surface area contributed by atoms with E-state index < -0.39 is 0 Å². The van der Waals surface area contributed by atoms with Gasteiger partial charge in [-0.1, -0.05) is 44.2 Å². The second kappa shape index (κ2) is 9.10. The second-order valence-electron chi connectivity index (χ2n) is 9.91. The van der Waals surface area contributed by atoms with E-state index in [2.05, 4.69) is 24.5 Å². The highest BCUT2D eigenvalue weighted by molar-refractivity contribution is 6.01. The molecule has 1 aliphatic heterocycles. The molecule has 0 saturated heterocycles. The molecule has 180 valence electrons. The standard InChI is InChI=1S/C29H29FN2O3/c1-29(2)15-23-27(24(33)16-29)28(32-22-7-5-4-6-21(22)31-23)19-10-13-25(26(14-19)34-3)35-17-18-8-11-20(30)12-9-18/h4-14,28,31-32H,15-17H2,1-3H3/t28-/m0/s1. The number of allylic oxidation sites excluding steroid dienone is 1. The number of para-hydroxylation sites is 2. The van der Waals surface area contributed by atoms with Crippen LogP contribution in [0, 0.1) is 11.2 Å². The first-order valence-corrected chi connectivity index (χ1v) is 11.8. The Hall–Kier alpha value is -3.80. The zero-order valence-electron chi connectivity index (χ0n) is 20.2. The maximum atomic E-state index is 13.4. The molecule has 0 bridgehead atoms. The molecule has 0 radical (unpaired) electrons. The van der Waals surface area contributed by atoms with Gasteiger partial charge in [-0.25, -0.2) is 4.39 Å². The van der Waals surface area contributed by atoms with E-state index in [4.69, 9.17) is 9.47 Å². The molecule has 3 aromatic carbocycles. The normalized spacial score (nSPS) is 18.5. The van der Waals surface area contributed by atoms with Crippen molar-refractivity contribution < 1.29 is 18.7 Å². The van der Waals surface area contributed by atoms with Crippen LogP contribution in [0.2, 0.25) is 0 Å². The maximum absolute atomic E-state index is 13.4. The number of fused-ring (bicyclic) bond motifs is 1. The van der Waals surface area contributed by atoms with Crippen LogP contribution < -0.4 is 20.1 Å². The van der Waals surface area contributed by atoms with Gasteiger partial charge in [0.2, 0.25) is 0 Å². The molecular formula is C29H29FN2O3. The summed E-state index contributed by atoms with van der Waals surface area (Å²) in [6.07, 6.45) is 1.29. The summed E-state index contributed by atoms with van der Waals surface area (Å²) >= 11 is 0. The van der Waals surface area contributed by atoms with Gasteiger partial charge < -0.3 is 20.1 Å². The number of benzene rings is 3. The SMILES string of the molecule is COc1cc([C@@H]2Nc3ccccc3NC3=C2C(=O)CC(C)(C)C3)ccc1OCc1ccc(F)cc1. The molecule has 0 unspecified atom stereocenters. The first-order chi connectivity index (χ1) is 16.8. The van der Waals surface area contributed by atoms with E-state index in [-0.39, 0.29) is 29.7 Å². The van der Waals surface area contributed by atoms with E-state index in [0.29, 0.717) is 17.9 Å². The third kappa shape index (κ3) is 4.74. The molecule has 2 N–H and O–H groups in total. The third-order valence-electron chi connectivity index (χ3n) is 6.55. The predicted octanol–water partition coefficient (Wildman–Crippen LogP) is 6.64. The third-order valence-corrected chi connectivity index (χ3v) is 6.55. The quantitative estimate of drug-likeness (QED) is 0.436. The zero-order valence-corrected chi connectivity index (χ0v) is 20.2. The fraction of sp³-hybridized carbons (Fsp3) is 0.276. The molecule has 3 aromatic rings. The topological polar surface area (TPSA) is 59.6 Å². The Morgan fingerprint density at radius 1 is 0.971 bits per heavy atom. The summed E-state index contributed by atoms with van der Waals surface area (Å²) in [5.74, 6) is 1.02. The van der Waals surface area contributed by atoms with Crippen molar-refractivity contribution in [2.45, 2.75) is 39.3 Å². The Morgan fingerprint density at radius 2 is 1.71 bits per heavy atom. The molecule has 5 nitrogen and oxygen atoms in total. The highest BCUT2D eigenvalue weighted by atomic mass is 19.1. The van der Waals surface area contributed by atoms with Gasteiger partial charge in [-0.3, -0.25) is 4.79 Å². The van der Waals surface area contributed by atoms with Gasteiger partial charge in [-0.05, 0) is 59.4 Å². The summed E-state index contributed by atoms with van der Waals surface area (Å²) in [7, 11) is 1.60. The first-order valence-electron chi connectivity index (χ1n) is 11.8. The number of ether oxygens (including phenoxy) is 2. The van der Waals surface area contributed by atoms with Crippen molar-refractivity contribution in [3.63, 3.8) is 0 Å². The molecule has 0 fully saturated rings. The molecule has 0 aromatic heterocycles. The average Bonchev–Trinajstić information content (AvgIpc) is 2.99. The minimum Gasteiger partial charge on any atom is -0.493 e. The van der Waals surface area contributed by atoms with Crippen LogP contribution in [-0.4, -0.2) is 12.9 Å². The molecule has 6 heteroatoms. The van der Waals surface area contributed by atoms with Crippen molar-refractivity contribution in [2.24, 2.45) is 5.41 Å². The number of ketones is 1. The smallest absolute Gasteiger partial charge is 0.163 e. The maximum Gasteiger partial charge on any atom is 0.163 e. The summed E-state index contributed by atoms with van der Waals surface area (Å²) in [4.78, 5) is 13.4. The van der Waals surface area contributed by atoms with Crippen LogP contribution in [0.3, 0.4) is 0 Å². The number of Topliss-reactive ketones (excluding diaryl/α,β-unsaturated/α-hetero) is 1. The molecule has 1 aliphatic carbocycles. The Balaban J connectivity index is 1.50.